The Morgan fingerprint density at radius 3 is 2.90 bits per heavy atom. The van der Waals surface area contributed by atoms with E-state index in [1.54, 1.807) is 10.9 Å². The number of hydrogen-bond donors (Lipinski definition) is 1. The van der Waals surface area contributed by atoms with Crippen LogP contribution in [0.4, 0.5) is 0 Å². The van der Waals surface area contributed by atoms with Crippen molar-refractivity contribution in [2.45, 2.75) is 6.42 Å². The number of nitrogens with two attached hydrogens (primary N) is 1. The number of rotatable bonds is 2. The van der Waals surface area contributed by atoms with Crippen LogP contribution in [0.15, 0.2) is 6.33 Å². The quantitative estimate of drug-likeness (QED) is 0.686. The maximum Gasteiger partial charge on any atom is 0.131 e. The zero-order valence-corrected chi connectivity index (χ0v) is 6.60. The van der Waals surface area contributed by atoms with E-state index in [-0.39, 0.29) is 0 Å². The molecule has 1 aromatic rings. The van der Waals surface area contributed by atoms with Crippen LogP contribution in [0.2, 0.25) is 5.15 Å². The monoisotopic (exact) mass is 159 g/mol. The van der Waals surface area contributed by atoms with Gasteiger partial charge in [0.2, 0.25) is 0 Å². The van der Waals surface area contributed by atoms with Crippen molar-refractivity contribution in [3.63, 3.8) is 0 Å². The predicted octanol–water partition coefficient (Wildman–Crippen LogP) is 0.575. The van der Waals surface area contributed by atoms with E-state index >= 15 is 0 Å². The summed E-state index contributed by atoms with van der Waals surface area (Å²) in [7, 11) is 1.86. The molecule has 0 aliphatic heterocycles. The molecule has 1 aromatic heterocycles. The van der Waals surface area contributed by atoms with E-state index in [4.69, 9.17) is 17.3 Å². The molecule has 0 amide bonds. The highest BCUT2D eigenvalue weighted by Gasteiger charge is 2.03. The molecule has 2 N–H and O–H groups in total. The number of nitrogens with zero attached hydrogens (tertiary/aromatic N) is 2. The number of imidazole rings is 1. The summed E-state index contributed by atoms with van der Waals surface area (Å²) in [6.45, 7) is 0.594. The van der Waals surface area contributed by atoms with Gasteiger partial charge in [-0.05, 0) is 6.54 Å². The molecule has 0 aromatic carbocycles. The molecule has 3 nitrogen and oxygen atoms in total. The summed E-state index contributed by atoms with van der Waals surface area (Å²) >= 11 is 5.83. The van der Waals surface area contributed by atoms with Gasteiger partial charge in [0, 0.05) is 13.5 Å². The molecule has 1 rings (SSSR count). The van der Waals surface area contributed by atoms with E-state index in [0.717, 1.165) is 12.1 Å². The van der Waals surface area contributed by atoms with Crippen LogP contribution in [-0.4, -0.2) is 16.1 Å². The Morgan fingerprint density at radius 2 is 2.50 bits per heavy atom. The summed E-state index contributed by atoms with van der Waals surface area (Å²) in [5.74, 6) is 0. The Morgan fingerprint density at radius 1 is 1.80 bits per heavy atom. The second-order valence-corrected chi connectivity index (χ2v) is 2.49. The third-order valence-corrected chi connectivity index (χ3v) is 1.80. The lowest BCUT2D eigenvalue weighted by Gasteiger charge is -1.93. The Bertz CT molecular complexity index is 219. The lowest BCUT2D eigenvalue weighted by atomic mass is 10.3. The van der Waals surface area contributed by atoms with E-state index in [9.17, 15) is 0 Å². The van der Waals surface area contributed by atoms with Crippen molar-refractivity contribution < 1.29 is 0 Å². The summed E-state index contributed by atoms with van der Waals surface area (Å²) in [4.78, 5) is 4.06. The van der Waals surface area contributed by atoms with Crippen molar-refractivity contribution in [3.05, 3.63) is 17.2 Å². The third kappa shape index (κ3) is 1.30. The van der Waals surface area contributed by atoms with E-state index in [1.165, 1.54) is 0 Å². The first kappa shape index (κ1) is 7.57. The standard InChI is InChI=1S/C6H10ClN3/c1-10-4-9-5(2-3-8)6(10)7/h4H,2-3,8H2,1H3. The van der Waals surface area contributed by atoms with E-state index in [2.05, 4.69) is 4.98 Å². The number of aromatic nitrogens is 2. The SMILES string of the molecule is Cn1cnc(CCN)c1Cl. The molecule has 56 valence electrons. The molecule has 0 spiro atoms. The van der Waals surface area contributed by atoms with Crippen molar-refractivity contribution in [1.29, 1.82) is 0 Å². The minimum atomic E-state index is 0.594. The second-order valence-electron chi connectivity index (χ2n) is 2.13. The Balaban J connectivity index is 2.83. The van der Waals surface area contributed by atoms with Crippen LogP contribution in [0, 0.1) is 0 Å². The first-order chi connectivity index (χ1) is 4.75. The van der Waals surface area contributed by atoms with Crippen LogP contribution in [0.5, 0.6) is 0 Å². The summed E-state index contributed by atoms with van der Waals surface area (Å²) < 4.78 is 1.77. The fourth-order valence-corrected chi connectivity index (χ4v) is 0.955. The largest absolute Gasteiger partial charge is 0.330 e. The number of aryl methyl sites for hydroxylation is 1. The predicted molar refractivity (Wildman–Crippen MR) is 41.0 cm³/mol. The van der Waals surface area contributed by atoms with Gasteiger partial charge in [0.15, 0.2) is 0 Å². The Labute approximate surface area is 64.8 Å². The lowest BCUT2D eigenvalue weighted by Crippen LogP contribution is -2.03. The van der Waals surface area contributed by atoms with Crippen molar-refractivity contribution >= 4 is 11.6 Å². The average molecular weight is 160 g/mol. The molecule has 0 aliphatic carbocycles. The van der Waals surface area contributed by atoms with Gasteiger partial charge in [0.05, 0.1) is 12.0 Å². The first-order valence-corrected chi connectivity index (χ1v) is 3.49. The number of halogens is 1. The molecular weight excluding hydrogens is 150 g/mol. The van der Waals surface area contributed by atoms with Crippen LogP contribution in [0.25, 0.3) is 0 Å². The van der Waals surface area contributed by atoms with Crippen LogP contribution in [0.3, 0.4) is 0 Å². The van der Waals surface area contributed by atoms with E-state index in [0.29, 0.717) is 11.7 Å². The molecule has 0 radical (unpaired) electrons. The zero-order chi connectivity index (χ0) is 7.56. The molecule has 0 saturated carbocycles. The van der Waals surface area contributed by atoms with Crippen LogP contribution in [0.1, 0.15) is 5.69 Å². The molecule has 0 unspecified atom stereocenters. The van der Waals surface area contributed by atoms with Gasteiger partial charge in [0.25, 0.3) is 0 Å². The van der Waals surface area contributed by atoms with Gasteiger partial charge in [-0.1, -0.05) is 11.6 Å². The molecule has 0 fully saturated rings. The van der Waals surface area contributed by atoms with Crippen molar-refractivity contribution in [1.82, 2.24) is 9.55 Å². The van der Waals surface area contributed by atoms with Gasteiger partial charge in [-0.25, -0.2) is 4.98 Å². The highest BCUT2D eigenvalue weighted by atomic mass is 35.5. The summed E-state index contributed by atoms with van der Waals surface area (Å²) in [5, 5.41) is 0.686. The van der Waals surface area contributed by atoms with E-state index in [1.807, 2.05) is 7.05 Å². The van der Waals surface area contributed by atoms with Crippen LogP contribution < -0.4 is 5.73 Å². The molecule has 0 aliphatic rings. The second kappa shape index (κ2) is 3.03. The van der Waals surface area contributed by atoms with Gasteiger partial charge in [-0.15, -0.1) is 0 Å². The highest BCUT2D eigenvalue weighted by Crippen LogP contribution is 2.12. The maximum atomic E-state index is 5.83. The minimum absolute atomic E-state index is 0.594. The third-order valence-electron chi connectivity index (χ3n) is 1.32. The lowest BCUT2D eigenvalue weighted by molar-refractivity contribution is 0.907. The van der Waals surface area contributed by atoms with E-state index < -0.39 is 0 Å². The molecular formula is C6H10ClN3. The van der Waals surface area contributed by atoms with Crippen molar-refractivity contribution in [2.24, 2.45) is 12.8 Å². The first-order valence-electron chi connectivity index (χ1n) is 3.11. The Kier molecular flexibility index (Phi) is 2.29. The van der Waals surface area contributed by atoms with Crippen LogP contribution >= 0.6 is 11.6 Å². The minimum Gasteiger partial charge on any atom is -0.330 e. The number of hydrogen-bond acceptors (Lipinski definition) is 2. The fraction of sp³-hybridized carbons (Fsp3) is 0.500. The smallest absolute Gasteiger partial charge is 0.131 e. The normalized spacial score (nSPS) is 10.3. The van der Waals surface area contributed by atoms with Crippen molar-refractivity contribution in [3.8, 4) is 0 Å². The molecule has 0 saturated heterocycles. The highest BCUT2D eigenvalue weighted by molar-refractivity contribution is 6.30. The molecule has 10 heavy (non-hydrogen) atoms. The van der Waals surface area contributed by atoms with Crippen LogP contribution in [-0.2, 0) is 13.5 Å². The van der Waals surface area contributed by atoms with Gasteiger partial charge in [0.1, 0.15) is 5.15 Å². The molecule has 1 heterocycles. The molecule has 4 heteroatoms. The Hall–Kier alpha value is -0.540. The summed E-state index contributed by atoms with van der Waals surface area (Å²) in [5.41, 5.74) is 6.21. The zero-order valence-electron chi connectivity index (χ0n) is 5.84. The average Bonchev–Trinajstić information content (AvgIpc) is 2.20. The molecule has 0 bridgehead atoms. The fourth-order valence-electron chi connectivity index (χ4n) is 0.768. The topological polar surface area (TPSA) is 43.8 Å². The van der Waals surface area contributed by atoms with Gasteiger partial charge in [-0.2, -0.15) is 0 Å². The molecule has 0 atom stereocenters. The summed E-state index contributed by atoms with van der Waals surface area (Å²) in [6.07, 6.45) is 2.44. The van der Waals surface area contributed by atoms with Gasteiger partial charge in [-0.3, -0.25) is 0 Å². The van der Waals surface area contributed by atoms with Gasteiger partial charge < -0.3 is 10.3 Å². The van der Waals surface area contributed by atoms with Gasteiger partial charge >= 0.3 is 0 Å². The maximum absolute atomic E-state index is 5.83. The summed E-state index contributed by atoms with van der Waals surface area (Å²) in [6, 6.07) is 0. The van der Waals surface area contributed by atoms with Crippen molar-refractivity contribution in [2.75, 3.05) is 6.54 Å².